The van der Waals surface area contributed by atoms with Crippen molar-refractivity contribution in [1.82, 2.24) is 0 Å². The first-order valence-electron chi connectivity index (χ1n) is 14.7. The van der Waals surface area contributed by atoms with E-state index in [0.717, 1.165) is 19.2 Å². The molecule has 0 saturated carbocycles. The van der Waals surface area contributed by atoms with Gasteiger partial charge in [0.15, 0.2) is 14.4 Å². The molecule has 45 heavy (non-hydrogen) atoms. The summed E-state index contributed by atoms with van der Waals surface area (Å²) >= 11 is 0. The third-order valence-corrected chi connectivity index (χ3v) is 13.0. The molecule has 4 atom stereocenters. The van der Waals surface area contributed by atoms with Gasteiger partial charge in [-0.15, -0.1) is 5.54 Å². The highest BCUT2D eigenvalue weighted by atomic mass is 28.4. The summed E-state index contributed by atoms with van der Waals surface area (Å²) in [6, 6.07) is 14.9. The number of hydrogen-bond acceptors (Lipinski definition) is 6. The van der Waals surface area contributed by atoms with E-state index in [1.165, 1.54) is 24.3 Å². The molecule has 0 amide bonds. The van der Waals surface area contributed by atoms with E-state index >= 15 is 0 Å². The molecule has 0 unspecified atom stereocenters. The second kappa shape index (κ2) is 14.9. The minimum absolute atomic E-state index is 0.0791. The average Bonchev–Trinajstić information content (AvgIpc) is 2.94. The van der Waals surface area contributed by atoms with Crippen molar-refractivity contribution in [3.8, 4) is 11.5 Å². The van der Waals surface area contributed by atoms with Crippen molar-refractivity contribution in [1.29, 1.82) is 0 Å². The second-order valence-corrected chi connectivity index (χ2v) is 22.8. The van der Waals surface area contributed by atoms with Gasteiger partial charge in [-0.25, -0.2) is 9.59 Å². The quantitative estimate of drug-likeness (QED) is 0.0991. The number of carbonyl (C=O) groups excluding carboxylic acids is 2. The summed E-state index contributed by atoms with van der Waals surface area (Å²) in [6.07, 6.45) is -7.33. The normalized spacial score (nSPS) is 15.8. The summed E-state index contributed by atoms with van der Waals surface area (Å²) in [5.41, 5.74) is -0.424. The Morgan fingerprint density at radius 3 is 1.89 bits per heavy atom. The molecule has 0 heterocycles. The minimum atomic E-state index is -5.18. The van der Waals surface area contributed by atoms with Crippen LogP contribution in [0.15, 0.2) is 73.3 Å². The average molecular weight is 663 g/mol. The van der Waals surface area contributed by atoms with Crippen LogP contribution in [0.5, 0.6) is 0 Å². The monoisotopic (exact) mass is 662 g/mol. The number of methoxy groups -OCH3 is 1. The number of ether oxygens (including phenoxy) is 3. The van der Waals surface area contributed by atoms with Gasteiger partial charge in [0.1, 0.15) is 14.2 Å². The second-order valence-electron chi connectivity index (χ2n) is 13.3. The number of esters is 2. The molecule has 0 saturated heterocycles. The van der Waals surface area contributed by atoms with E-state index in [1.807, 2.05) is 53.5 Å². The Bertz CT molecular complexity index is 1360. The highest BCUT2D eigenvalue weighted by Crippen LogP contribution is 2.44. The van der Waals surface area contributed by atoms with Crippen LogP contribution in [0.3, 0.4) is 0 Å². The molecule has 0 radical (unpaired) electrons. The maximum absolute atomic E-state index is 14.8. The molecule has 2 aromatic carbocycles. The first kappa shape index (κ1) is 38.0. The lowest BCUT2D eigenvalue weighted by atomic mass is 9.92. The van der Waals surface area contributed by atoms with Gasteiger partial charge >= 0.3 is 18.1 Å². The number of benzene rings is 2. The third-order valence-electron chi connectivity index (χ3n) is 7.58. The Morgan fingerprint density at radius 2 is 1.44 bits per heavy atom. The van der Waals surface area contributed by atoms with Crippen molar-refractivity contribution in [3.63, 3.8) is 0 Å². The molecule has 11 heteroatoms. The van der Waals surface area contributed by atoms with Crippen molar-refractivity contribution < 1.29 is 41.4 Å². The highest BCUT2D eigenvalue weighted by Gasteiger charge is 2.64. The van der Waals surface area contributed by atoms with Crippen LogP contribution < -0.4 is 0 Å². The number of rotatable bonds is 12. The Morgan fingerprint density at radius 1 is 0.911 bits per heavy atom. The number of hydrogen-bond donors (Lipinski definition) is 0. The predicted molar refractivity (Wildman–Crippen MR) is 175 cm³/mol. The largest absolute Gasteiger partial charge is 0.454 e. The van der Waals surface area contributed by atoms with Gasteiger partial charge in [-0.3, -0.25) is 0 Å². The van der Waals surface area contributed by atoms with Gasteiger partial charge in [-0.2, -0.15) is 13.2 Å². The summed E-state index contributed by atoms with van der Waals surface area (Å²) < 4.78 is 67.5. The Labute approximate surface area is 267 Å². The van der Waals surface area contributed by atoms with E-state index in [2.05, 4.69) is 18.0 Å². The van der Waals surface area contributed by atoms with Gasteiger partial charge in [0.25, 0.3) is 5.60 Å². The Balaban J connectivity index is 2.67. The van der Waals surface area contributed by atoms with E-state index in [1.54, 1.807) is 30.3 Å². The molecule has 0 aliphatic rings. The third kappa shape index (κ3) is 9.90. The maximum Gasteiger partial charge on any atom is 0.432 e. The lowest BCUT2D eigenvalue weighted by Gasteiger charge is -2.41. The summed E-state index contributed by atoms with van der Waals surface area (Å²) in [4.78, 5) is 26.7. The first-order chi connectivity index (χ1) is 20.7. The Hall–Kier alpha value is -3.18. The molecule has 2 rings (SSSR count). The molecule has 0 aliphatic heterocycles. The summed E-state index contributed by atoms with van der Waals surface area (Å²) in [7, 11) is -4.00. The molecule has 0 aromatic heterocycles. The number of alkyl halides is 3. The summed E-state index contributed by atoms with van der Waals surface area (Å²) in [6.45, 7) is 19.6. The fourth-order valence-electron chi connectivity index (χ4n) is 4.06. The van der Waals surface area contributed by atoms with Crippen molar-refractivity contribution in [2.75, 3.05) is 7.11 Å². The maximum atomic E-state index is 14.8. The summed E-state index contributed by atoms with van der Waals surface area (Å²) in [5.74, 6) is 0.647. The smallest absolute Gasteiger partial charge is 0.432 e. The zero-order chi connectivity index (χ0) is 34.3. The van der Waals surface area contributed by atoms with Crippen LogP contribution in [0, 0.1) is 11.5 Å². The zero-order valence-electron chi connectivity index (χ0n) is 27.6. The van der Waals surface area contributed by atoms with Gasteiger partial charge in [-0.1, -0.05) is 108 Å². The van der Waals surface area contributed by atoms with Crippen LogP contribution in [0.1, 0.15) is 43.1 Å². The van der Waals surface area contributed by atoms with Crippen LogP contribution in [0.25, 0.3) is 0 Å². The van der Waals surface area contributed by atoms with E-state index in [4.69, 9.17) is 18.6 Å². The van der Waals surface area contributed by atoms with Crippen LogP contribution in [-0.2, 0) is 29.0 Å². The van der Waals surface area contributed by atoms with Gasteiger partial charge < -0.3 is 18.6 Å². The predicted octanol–water partition coefficient (Wildman–Crippen LogP) is 8.08. The molecule has 0 N–H and O–H groups in total. The number of carbonyl (C=O) groups is 2. The fourth-order valence-corrected chi connectivity index (χ4v) is 5.97. The Kier molecular flexibility index (Phi) is 12.6. The lowest BCUT2D eigenvalue weighted by molar-refractivity contribution is -0.278. The van der Waals surface area contributed by atoms with Crippen molar-refractivity contribution in [2.24, 2.45) is 0 Å². The van der Waals surface area contributed by atoms with Gasteiger partial charge in [0.05, 0.1) is 11.7 Å². The van der Waals surface area contributed by atoms with E-state index < -0.39 is 64.0 Å². The first-order valence-corrected chi connectivity index (χ1v) is 21.1. The summed E-state index contributed by atoms with van der Waals surface area (Å²) in [5, 5.41) is -0.331. The standard InChI is InChI=1S/C34H45F3O6Si2/c1-11-27(41-30(38)25-18-14-12-15-19-25)24-29(43-45(9,10)32(2,3)4)28(22-23-44(6,7)8)42-31(39)33(40-5,34(35,36)37)26-20-16-13-17-21-26/h11-21,27-29H,1,24H2,2-10H3/t27-,28-,29+,33+/m1/s1. The van der Waals surface area contributed by atoms with Crippen molar-refractivity contribution in [2.45, 2.75) is 95.1 Å². The molecule has 0 bridgehead atoms. The van der Waals surface area contributed by atoms with Gasteiger partial charge in [0.2, 0.25) is 0 Å². The molecular weight excluding hydrogens is 618 g/mol. The zero-order valence-corrected chi connectivity index (χ0v) is 29.6. The van der Waals surface area contributed by atoms with E-state index in [0.29, 0.717) is 5.56 Å². The van der Waals surface area contributed by atoms with Gasteiger partial charge in [-0.05, 0) is 30.3 Å². The lowest BCUT2D eigenvalue weighted by Crippen LogP contribution is -2.54. The van der Waals surface area contributed by atoms with Crippen LogP contribution in [-0.4, -0.2) is 59.9 Å². The molecule has 246 valence electrons. The van der Waals surface area contributed by atoms with Crippen LogP contribution in [0.4, 0.5) is 13.2 Å². The molecule has 6 nitrogen and oxygen atoms in total. The SMILES string of the molecule is C=C[C@H](C[C@H](O[Si](C)(C)C(C)(C)C)[C@@H](C#C[Si](C)(C)C)OC(=O)[C@@](OC)(c1ccccc1)C(F)(F)F)OC(=O)c1ccccc1. The minimum Gasteiger partial charge on any atom is -0.454 e. The van der Waals surface area contributed by atoms with E-state index in [-0.39, 0.29) is 11.5 Å². The van der Waals surface area contributed by atoms with Crippen molar-refractivity contribution in [3.05, 3.63) is 84.4 Å². The molecular formula is C34H45F3O6Si2. The highest BCUT2D eigenvalue weighted by molar-refractivity contribution is 6.83. The van der Waals surface area contributed by atoms with Gasteiger partial charge in [0, 0.05) is 19.1 Å². The molecule has 0 fully saturated rings. The van der Waals surface area contributed by atoms with Crippen molar-refractivity contribution >= 4 is 28.3 Å². The topological polar surface area (TPSA) is 71.1 Å². The molecule has 0 aliphatic carbocycles. The fraction of sp³-hybridized carbons (Fsp3) is 0.471. The van der Waals surface area contributed by atoms with Crippen LogP contribution >= 0.6 is 0 Å². The van der Waals surface area contributed by atoms with E-state index in [9.17, 15) is 22.8 Å². The molecule has 0 spiro atoms. The number of halogens is 3. The van der Waals surface area contributed by atoms with Crippen LogP contribution in [0.2, 0.25) is 37.8 Å². The molecule has 2 aromatic rings.